The summed E-state index contributed by atoms with van der Waals surface area (Å²) < 4.78 is 0. The predicted octanol–water partition coefficient (Wildman–Crippen LogP) is 4.41. The Balaban J connectivity index is 2.16. The Morgan fingerprint density at radius 1 is 1.24 bits per heavy atom. The first-order valence-electron chi connectivity index (χ1n) is 7.87. The lowest BCUT2D eigenvalue weighted by Gasteiger charge is -2.41. The molecule has 1 aromatic rings. The maximum absolute atomic E-state index is 11.4. The molecule has 116 valence electrons. The summed E-state index contributed by atoms with van der Waals surface area (Å²) >= 11 is 0. The standard InChI is InChI=1S/C16H25N3O2/c1-3-11-17-13-7-5-8-14(15(13)19(20)21)18-12-16(4-2)9-6-10-16/h5,7-8,17-18H,3-4,6,9-12H2,1-2H3. The van der Waals surface area contributed by atoms with Crippen LogP contribution in [0.3, 0.4) is 0 Å². The summed E-state index contributed by atoms with van der Waals surface area (Å²) in [6.45, 7) is 5.81. The van der Waals surface area contributed by atoms with Crippen molar-refractivity contribution in [1.29, 1.82) is 0 Å². The van der Waals surface area contributed by atoms with Crippen molar-refractivity contribution in [3.63, 3.8) is 0 Å². The molecule has 1 aromatic carbocycles. The van der Waals surface area contributed by atoms with Gasteiger partial charge in [0, 0.05) is 13.1 Å². The highest BCUT2D eigenvalue weighted by Crippen LogP contribution is 2.44. The van der Waals surface area contributed by atoms with Crippen LogP contribution in [0.2, 0.25) is 0 Å². The van der Waals surface area contributed by atoms with Gasteiger partial charge >= 0.3 is 5.69 Å². The molecular weight excluding hydrogens is 266 g/mol. The van der Waals surface area contributed by atoms with Gasteiger partial charge in [-0.1, -0.05) is 26.3 Å². The Bertz CT molecular complexity index is 493. The van der Waals surface area contributed by atoms with E-state index in [2.05, 4.69) is 17.6 Å². The molecule has 5 heteroatoms. The summed E-state index contributed by atoms with van der Waals surface area (Å²) in [6, 6.07) is 5.45. The first kappa shape index (κ1) is 15.6. The molecule has 2 rings (SSSR count). The van der Waals surface area contributed by atoms with Crippen LogP contribution < -0.4 is 10.6 Å². The van der Waals surface area contributed by atoms with Gasteiger partial charge < -0.3 is 10.6 Å². The van der Waals surface area contributed by atoms with Crippen LogP contribution >= 0.6 is 0 Å². The molecule has 1 fully saturated rings. The number of nitrogens with one attached hydrogen (secondary N) is 2. The van der Waals surface area contributed by atoms with Crippen molar-refractivity contribution < 1.29 is 4.92 Å². The SMILES string of the molecule is CCCNc1cccc(NCC2(CC)CCC2)c1[N+](=O)[O-]. The van der Waals surface area contributed by atoms with Crippen molar-refractivity contribution in [2.75, 3.05) is 23.7 Å². The van der Waals surface area contributed by atoms with Crippen LogP contribution in [0.5, 0.6) is 0 Å². The van der Waals surface area contributed by atoms with E-state index in [-0.39, 0.29) is 10.6 Å². The maximum Gasteiger partial charge on any atom is 0.315 e. The first-order chi connectivity index (χ1) is 10.1. The lowest BCUT2D eigenvalue weighted by atomic mass is 9.67. The van der Waals surface area contributed by atoms with Gasteiger partial charge in [-0.05, 0) is 43.2 Å². The number of benzene rings is 1. The molecule has 0 heterocycles. The first-order valence-corrected chi connectivity index (χ1v) is 7.87. The Hall–Kier alpha value is -1.78. The van der Waals surface area contributed by atoms with Crippen molar-refractivity contribution in [2.24, 2.45) is 5.41 Å². The minimum absolute atomic E-state index is 0.163. The molecule has 0 aliphatic heterocycles. The number of para-hydroxylation sites is 1. The van der Waals surface area contributed by atoms with E-state index in [0.717, 1.165) is 25.9 Å². The Kier molecular flexibility index (Phi) is 5.04. The van der Waals surface area contributed by atoms with Crippen molar-refractivity contribution in [3.8, 4) is 0 Å². The highest BCUT2D eigenvalue weighted by atomic mass is 16.6. The topological polar surface area (TPSA) is 67.2 Å². The third kappa shape index (κ3) is 3.46. The van der Waals surface area contributed by atoms with Gasteiger partial charge in [-0.2, -0.15) is 0 Å². The Labute approximate surface area is 126 Å². The number of nitrogens with zero attached hydrogens (tertiary/aromatic N) is 1. The summed E-state index contributed by atoms with van der Waals surface area (Å²) in [5.41, 5.74) is 1.73. The molecule has 1 aliphatic carbocycles. The zero-order chi connectivity index (χ0) is 15.3. The third-order valence-electron chi connectivity index (χ3n) is 4.60. The van der Waals surface area contributed by atoms with Crippen LogP contribution in [0, 0.1) is 15.5 Å². The summed E-state index contributed by atoms with van der Waals surface area (Å²) in [4.78, 5) is 11.1. The predicted molar refractivity (Wildman–Crippen MR) is 86.9 cm³/mol. The molecule has 0 saturated heterocycles. The Morgan fingerprint density at radius 2 is 1.90 bits per heavy atom. The molecule has 0 amide bonds. The van der Waals surface area contributed by atoms with Gasteiger partial charge in [0.1, 0.15) is 11.4 Å². The van der Waals surface area contributed by atoms with Crippen LogP contribution in [0.15, 0.2) is 18.2 Å². The fourth-order valence-corrected chi connectivity index (χ4v) is 2.90. The lowest BCUT2D eigenvalue weighted by Crippen LogP contribution is -2.36. The molecule has 2 N–H and O–H groups in total. The number of rotatable bonds is 8. The average Bonchev–Trinajstić information content (AvgIpc) is 2.44. The van der Waals surface area contributed by atoms with Gasteiger partial charge in [0.25, 0.3) is 0 Å². The Morgan fingerprint density at radius 3 is 2.38 bits per heavy atom. The van der Waals surface area contributed by atoms with Gasteiger partial charge in [0.2, 0.25) is 0 Å². The van der Waals surface area contributed by atoms with Gasteiger partial charge in [0.15, 0.2) is 0 Å². The highest BCUT2D eigenvalue weighted by Gasteiger charge is 2.35. The van der Waals surface area contributed by atoms with Crippen LogP contribution in [-0.2, 0) is 0 Å². The van der Waals surface area contributed by atoms with Crippen LogP contribution in [0.25, 0.3) is 0 Å². The maximum atomic E-state index is 11.4. The molecule has 21 heavy (non-hydrogen) atoms. The normalized spacial score (nSPS) is 16.1. The number of nitro benzene ring substituents is 1. The smallest absolute Gasteiger partial charge is 0.315 e. The number of nitro groups is 1. The third-order valence-corrected chi connectivity index (χ3v) is 4.60. The molecule has 0 bridgehead atoms. The number of hydrogen-bond acceptors (Lipinski definition) is 4. The second-order valence-electron chi connectivity index (χ2n) is 5.95. The van der Waals surface area contributed by atoms with Crippen LogP contribution in [0.1, 0.15) is 46.0 Å². The van der Waals surface area contributed by atoms with Crippen molar-refractivity contribution >= 4 is 17.1 Å². The van der Waals surface area contributed by atoms with E-state index in [4.69, 9.17) is 0 Å². The molecule has 0 aromatic heterocycles. The summed E-state index contributed by atoms with van der Waals surface area (Å²) in [6.07, 6.45) is 5.78. The van der Waals surface area contributed by atoms with Crippen molar-refractivity contribution in [1.82, 2.24) is 0 Å². The van der Waals surface area contributed by atoms with Gasteiger partial charge in [-0.15, -0.1) is 0 Å². The summed E-state index contributed by atoms with van der Waals surface area (Å²) in [7, 11) is 0. The summed E-state index contributed by atoms with van der Waals surface area (Å²) in [5, 5.41) is 17.9. The van der Waals surface area contributed by atoms with Crippen molar-refractivity contribution in [2.45, 2.75) is 46.0 Å². The van der Waals surface area contributed by atoms with Gasteiger partial charge in [-0.3, -0.25) is 10.1 Å². The van der Waals surface area contributed by atoms with Gasteiger partial charge in [-0.25, -0.2) is 0 Å². The second-order valence-corrected chi connectivity index (χ2v) is 5.95. The molecular formula is C16H25N3O2. The molecule has 5 nitrogen and oxygen atoms in total. The van der Waals surface area contributed by atoms with Crippen LogP contribution in [0.4, 0.5) is 17.1 Å². The summed E-state index contributed by atoms with van der Waals surface area (Å²) in [5.74, 6) is 0. The van der Waals surface area contributed by atoms with E-state index in [0.29, 0.717) is 16.8 Å². The van der Waals surface area contributed by atoms with Crippen LogP contribution in [-0.4, -0.2) is 18.0 Å². The van der Waals surface area contributed by atoms with E-state index in [9.17, 15) is 10.1 Å². The van der Waals surface area contributed by atoms with Gasteiger partial charge in [0.05, 0.1) is 4.92 Å². The zero-order valence-electron chi connectivity index (χ0n) is 12.9. The minimum atomic E-state index is -0.292. The average molecular weight is 291 g/mol. The highest BCUT2D eigenvalue weighted by molar-refractivity contribution is 5.76. The monoisotopic (exact) mass is 291 g/mol. The molecule has 1 aliphatic rings. The minimum Gasteiger partial charge on any atom is -0.379 e. The van der Waals surface area contributed by atoms with E-state index in [1.54, 1.807) is 12.1 Å². The van der Waals surface area contributed by atoms with E-state index in [1.165, 1.54) is 19.3 Å². The molecule has 1 saturated carbocycles. The van der Waals surface area contributed by atoms with E-state index in [1.807, 2.05) is 13.0 Å². The number of hydrogen-bond donors (Lipinski definition) is 2. The molecule has 0 spiro atoms. The molecule has 0 unspecified atom stereocenters. The van der Waals surface area contributed by atoms with E-state index >= 15 is 0 Å². The molecule has 0 atom stereocenters. The fourth-order valence-electron chi connectivity index (χ4n) is 2.90. The largest absolute Gasteiger partial charge is 0.379 e. The zero-order valence-corrected chi connectivity index (χ0v) is 12.9. The fraction of sp³-hybridized carbons (Fsp3) is 0.625. The second kappa shape index (κ2) is 6.78. The lowest BCUT2D eigenvalue weighted by molar-refractivity contribution is -0.383. The van der Waals surface area contributed by atoms with E-state index < -0.39 is 0 Å². The van der Waals surface area contributed by atoms with Crippen molar-refractivity contribution in [3.05, 3.63) is 28.3 Å². The molecule has 0 radical (unpaired) electrons. The number of anilines is 2. The quantitative estimate of drug-likeness (QED) is 0.550.